The number of carbonyl (C=O) groups is 1. The molecule has 3 aromatic rings. The van der Waals surface area contributed by atoms with Crippen LogP contribution in [0.15, 0.2) is 36.4 Å². The number of ether oxygens (including phenoxy) is 1. The summed E-state index contributed by atoms with van der Waals surface area (Å²) in [4.78, 5) is 14.8. The van der Waals surface area contributed by atoms with Gasteiger partial charge in [0.25, 0.3) is 0 Å². The van der Waals surface area contributed by atoms with Crippen LogP contribution in [0.25, 0.3) is 16.7 Å². The molecule has 0 atom stereocenters. The van der Waals surface area contributed by atoms with Crippen molar-refractivity contribution in [3.05, 3.63) is 42.0 Å². The quantitative estimate of drug-likeness (QED) is 0.532. The normalized spacial score (nSPS) is 27.8. The van der Waals surface area contributed by atoms with Gasteiger partial charge in [-0.05, 0) is 118 Å². The molecule has 4 fully saturated rings. The summed E-state index contributed by atoms with van der Waals surface area (Å²) in [6, 6.07) is 11.7. The Kier molecular flexibility index (Phi) is 4.93. The van der Waals surface area contributed by atoms with E-state index in [-0.39, 0.29) is 11.3 Å². The summed E-state index contributed by atoms with van der Waals surface area (Å²) < 4.78 is 5.52. The van der Waals surface area contributed by atoms with E-state index in [0.717, 1.165) is 51.5 Å². The van der Waals surface area contributed by atoms with Gasteiger partial charge in [0.05, 0.1) is 12.3 Å². The first-order chi connectivity index (χ1) is 16.0. The van der Waals surface area contributed by atoms with Crippen molar-refractivity contribution in [2.75, 3.05) is 11.9 Å². The number of hydrogen-bond donors (Lipinski definition) is 1. The van der Waals surface area contributed by atoms with Crippen molar-refractivity contribution in [3.8, 4) is 11.4 Å². The number of aryl methyl sites for hydroxylation is 1. The average Bonchev–Trinajstić information content (AvgIpc) is 3.16. The van der Waals surface area contributed by atoms with Crippen LogP contribution < -0.4 is 10.1 Å². The zero-order valence-electron chi connectivity index (χ0n) is 19.5. The molecule has 1 amide bonds. The largest absolute Gasteiger partial charge is 0.494 e. The molecule has 4 saturated carbocycles. The van der Waals surface area contributed by atoms with Crippen molar-refractivity contribution in [1.82, 2.24) is 15.0 Å². The van der Waals surface area contributed by atoms with Gasteiger partial charge in [-0.3, -0.25) is 4.79 Å². The minimum absolute atomic E-state index is 0.151. The van der Waals surface area contributed by atoms with Crippen molar-refractivity contribution in [2.24, 2.45) is 23.2 Å². The Bertz CT molecular complexity index is 1160. The summed E-state index contributed by atoms with van der Waals surface area (Å²) in [6.07, 6.45) is 8.62. The van der Waals surface area contributed by atoms with Gasteiger partial charge in [-0.2, -0.15) is 4.80 Å². The molecule has 1 heterocycles. The van der Waals surface area contributed by atoms with Gasteiger partial charge in [0, 0.05) is 12.1 Å². The van der Waals surface area contributed by atoms with Crippen LogP contribution in [0.4, 0.5) is 5.69 Å². The molecule has 4 aliphatic rings. The van der Waals surface area contributed by atoms with Crippen molar-refractivity contribution in [1.29, 1.82) is 0 Å². The van der Waals surface area contributed by atoms with Crippen LogP contribution in [0.2, 0.25) is 0 Å². The Balaban J connectivity index is 1.20. The fourth-order valence-electron chi connectivity index (χ4n) is 7.20. The van der Waals surface area contributed by atoms with Crippen molar-refractivity contribution < 1.29 is 9.53 Å². The van der Waals surface area contributed by atoms with Crippen LogP contribution in [-0.2, 0) is 4.79 Å². The molecule has 0 saturated heterocycles. The zero-order chi connectivity index (χ0) is 22.6. The summed E-state index contributed by atoms with van der Waals surface area (Å²) in [5.74, 6) is 3.57. The molecule has 0 unspecified atom stereocenters. The smallest absolute Gasteiger partial charge is 0.224 e. The van der Waals surface area contributed by atoms with Gasteiger partial charge in [0.1, 0.15) is 16.8 Å². The van der Waals surface area contributed by atoms with Crippen LogP contribution in [0.3, 0.4) is 0 Å². The van der Waals surface area contributed by atoms with Crippen LogP contribution in [0, 0.1) is 30.1 Å². The Hall–Kier alpha value is -2.89. The van der Waals surface area contributed by atoms with E-state index in [9.17, 15) is 4.79 Å². The number of benzene rings is 2. The number of carbonyl (C=O) groups excluding carboxylic acids is 1. The lowest BCUT2D eigenvalue weighted by Gasteiger charge is -2.56. The lowest BCUT2D eigenvalue weighted by Crippen LogP contribution is -2.47. The molecule has 6 nitrogen and oxygen atoms in total. The molecule has 172 valence electrons. The number of anilines is 1. The Labute approximate surface area is 194 Å². The number of amides is 1. The third-order valence-electron chi connectivity index (χ3n) is 8.08. The van der Waals surface area contributed by atoms with E-state index < -0.39 is 0 Å². The molecule has 1 N–H and O–H groups in total. The number of nitrogens with one attached hydrogen (secondary N) is 1. The SMILES string of the molecule is CCOc1ccc(-n2nc3cc(C)c(NC(=O)CC45CC6CC(CC(C6)C4)C5)cc3n2)cc1. The highest BCUT2D eigenvalue weighted by Gasteiger charge is 2.51. The molecule has 1 aromatic heterocycles. The molecular weight excluding hydrogens is 412 g/mol. The second-order valence-corrected chi connectivity index (χ2v) is 10.7. The first-order valence-electron chi connectivity index (χ1n) is 12.4. The maximum Gasteiger partial charge on any atom is 0.224 e. The zero-order valence-corrected chi connectivity index (χ0v) is 19.5. The number of nitrogens with zero attached hydrogens (tertiary/aromatic N) is 3. The first kappa shape index (κ1) is 20.7. The number of hydrogen-bond acceptors (Lipinski definition) is 4. The van der Waals surface area contributed by atoms with Crippen LogP contribution in [0.5, 0.6) is 5.75 Å². The maximum atomic E-state index is 13.1. The lowest BCUT2D eigenvalue weighted by molar-refractivity contribution is -0.124. The third kappa shape index (κ3) is 3.90. The molecule has 7 rings (SSSR count). The Morgan fingerprint density at radius 2 is 1.64 bits per heavy atom. The predicted octanol–water partition coefficient (Wildman–Crippen LogP) is 5.67. The topological polar surface area (TPSA) is 69.0 Å². The second-order valence-electron chi connectivity index (χ2n) is 10.7. The summed E-state index contributed by atoms with van der Waals surface area (Å²) in [5, 5.41) is 12.5. The summed E-state index contributed by atoms with van der Waals surface area (Å²) in [7, 11) is 0. The third-order valence-corrected chi connectivity index (χ3v) is 8.08. The van der Waals surface area contributed by atoms with E-state index in [1.165, 1.54) is 38.5 Å². The Morgan fingerprint density at radius 3 is 2.24 bits per heavy atom. The molecule has 4 aliphatic carbocycles. The highest BCUT2D eigenvalue weighted by Crippen LogP contribution is 2.61. The minimum atomic E-state index is 0.151. The second kappa shape index (κ2) is 7.86. The molecular formula is C27H32N4O2. The van der Waals surface area contributed by atoms with Crippen LogP contribution in [0.1, 0.15) is 57.4 Å². The molecule has 33 heavy (non-hydrogen) atoms. The van der Waals surface area contributed by atoms with Gasteiger partial charge in [-0.15, -0.1) is 10.2 Å². The summed E-state index contributed by atoms with van der Waals surface area (Å²) in [6.45, 7) is 4.63. The first-order valence-corrected chi connectivity index (χ1v) is 12.4. The monoisotopic (exact) mass is 444 g/mol. The lowest BCUT2D eigenvalue weighted by atomic mass is 9.49. The fraction of sp³-hybridized carbons (Fsp3) is 0.519. The maximum absolute atomic E-state index is 13.1. The van der Waals surface area contributed by atoms with E-state index in [1.54, 1.807) is 4.80 Å². The Morgan fingerprint density at radius 1 is 1.03 bits per heavy atom. The number of rotatable bonds is 6. The molecule has 4 bridgehead atoms. The average molecular weight is 445 g/mol. The standard InChI is InChI=1S/C27H32N4O2/c1-3-33-22-6-4-21(5-7-22)31-29-24-8-17(2)23(12-25(24)30-31)28-26(32)16-27-13-18-9-19(14-27)11-20(10-18)15-27/h4-8,12,18-20H,3,9-11,13-16H2,1-2H3,(H,28,32). The van der Waals surface area contributed by atoms with Gasteiger partial charge >= 0.3 is 0 Å². The van der Waals surface area contributed by atoms with Gasteiger partial charge in [-0.1, -0.05) is 0 Å². The van der Waals surface area contributed by atoms with Gasteiger partial charge in [-0.25, -0.2) is 0 Å². The van der Waals surface area contributed by atoms with Crippen LogP contribution >= 0.6 is 0 Å². The van der Waals surface area contributed by atoms with Gasteiger partial charge < -0.3 is 10.1 Å². The molecule has 6 heteroatoms. The van der Waals surface area contributed by atoms with E-state index in [2.05, 4.69) is 15.5 Å². The fourth-order valence-corrected chi connectivity index (χ4v) is 7.20. The highest BCUT2D eigenvalue weighted by molar-refractivity contribution is 5.94. The van der Waals surface area contributed by atoms with E-state index >= 15 is 0 Å². The van der Waals surface area contributed by atoms with Gasteiger partial charge in [0.15, 0.2) is 0 Å². The van der Waals surface area contributed by atoms with Crippen LogP contribution in [-0.4, -0.2) is 27.5 Å². The van der Waals surface area contributed by atoms with E-state index in [4.69, 9.17) is 4.74 Å². The molecule has 0 aliphatic heterocycles. The number of fused-ring (bicyclic) bond motifs is 1. The summed E-state index contributed by atoms with van der Waals surface area (Å²) >= 11 is 0. The summed E-state index contributed by atoms with van der Waals surface area (Å²) in [5.41, 5.74) is 4.57. The number of aromatic nitrogens is 3. The van der Waals surface area contributed by atoms with E-state index in [0.29, 0.717) is 13.0 Å². The highest BCUT2D eigenvalue weighted by atomic mass is 16.5. The van der Waals surface area contributed by atoms with Gasteiger partial charge in [0.2, 0.25) is 5.91 Å². The molecule has 2 aromatic carbocycles. The van der Waals surface area contributed by atoms with Crippen molar-refractivity contribution in [3.63, 3.8) is 0 Å². The minimum Gasteiger partial charge on any atom is -0.494 e. The molecule has 0 spiro atoms. The van der Waals surface area contributed by atoms with Crippen molar-refractivity contribution in [2.45, 2.75) is 58.8 Å². The molecule has 0 radical (unpaired) electrons. The predicted molar refractivity (Wildman–Crippen MR) is 129 cm³/mol. The van der Waals surface area contributed by atoms with E-state index in [1.807, 2.05) is 50.2 Å². The van der Waals surface area contributed by atoms with Crippen molar-refractivity contribution >= 4 is 22.6 Å².